The van der Waals surface area contributed by atoms with Crippen LogP contribution in [0.1, 0.15) is 356 Å². The number of aliphatic hydroxyl groups excluding tert-OH is 1. The fourth-order valence-electron chi connectivity index (χ4n) is 10.8. The fraction of sp³-hybridized carbons (Fsp3) is 0.892. The van der Waals surface area contributed by atoms with Gasteiger partial charge in [-0.15, -0.1) is 0 Å². The lowest BCUT2D eigenvalue weighted by atomic mass is 10.0. The van der Waals surface area contributed by atoms with E-state index in [1.54, 1.807) is 0 Å². The van der Waals surface area contributed by atoms with Crippen LogP contribution in [0.15, 0.2) is 24.3 Å². The van der Waals surface area contributed by atoms with E-state index in [-0.39, 0.29) is 25.7 Å². The second kappa shape index (κ2) is 65.5. The van der Waals surface area contributed by atoms with Gasteiger partial charge in [-0.05, 0) is 63.2 Å². The Morgan fingerprint density at radius 1 is 0.333 bits per heavy atom. The summed E-state index contributed by atoms with van der Waals surface area (Å²) in [5.74, 6) is -0.657. The number of hydrogen-bond donors (Lipinski definition) is 3. The Kier molecular flexibility index (Phi) is 63.7. The standard InChI is InChI=1S/C74H140O17P2/c1-7-9-11-13-15-17-19-20-22-26-29-33-39-45-51-57-72(77)85-62-69(90-73(78)58-52-46-40-34-30-27-24-21-23-25-28-31-36-42-48-54-66(3)4)64-88-92(80,81)86-60-68(75)61-87-93(82,83)89-65-70(91-74(79)59-53-47-41-35-37-43-49-55-67(5)6)63-84-71(76)56-50-44-38-32-18-16-14-12-10-8-2/h17,19-20,22,66-70,75H,7-16,18,21,23-65H2,1-6H3,(H,80,81)(H,82,83)/b19-17-,22-20-/t68-,69-,70-/m1/s1. The van der Waals surface area contributed by atoms with Crippen LogP contribution in [0.3, 0.4) is 0 Å². The van der Waals surface area contributed by atoms with E-state index in [1.165, 1.54) is 154 Å². The molecule has 0 saturated carbocycles. The smallest absolute Gasteiger partial charge is 0.462 e. The van der Waals surface area contributed by atoms with Gasteiger partial charge in [0, 0.05) is 25.7 Å². The zero-order valence-corrected chi connectivity index (χ0v) is 61.8. The summed E-state index contributed by atoms with van der Waals surface area (Å²) in [6.07, 6.45) is 55.0. The number of aliphatic hydroxyl groups is 1. The van der Waals surface area contributed by atoms with Crippen LogP contribution in [-0.4, -0.2) is 96.7 Å². The molecular weight excluding hydrogens is 1220 g/mol. The molecule has 0 spiro atoms. The third-order valence-electron chi connectivity index (χ3n) is 16.6. The van der Waals surface area contributed by atoms with Gasteiger partial charge in [-0.2, -0.15) is 0 Å². The molecule has 0 aliphatic heterocycles. The van der Waals surface area contributed by atoms with Gasteiger partial charge in [0.15, 0.2) is 12.2 Å². The first kappa shape index (κ1) is 90.5. The normalized spacial score (nSPS) is 14.2. The molecule has 0 aliphatic carbocycles. The minimum absolute atomic E-state index is 0.101. The van der Waals surface area contributed by atoms with E-state index in [2.05, 4.69) is 65.8 Å². The van der Waals surface area contributed by atoms with Crippen molar-refractivity contribution in [2.45, 2.75) is 374 Å². The van der Waals surface area contributed by atoms with Crippen LogP contribution >= 0.6 is 15.6 Å². The molecule has 0 aromatic heterocycles. The summed E-state index contributed by atoms with van der Waals surface area (Å²) in [7, 11) is -9.92. The highest BCUT2D eigenvalue weighted by molar-refractivity contribution is 7.47. The third-order valence-corrected chi connectivity index (χ3v) is 18.5. The number of rotatable bonds is 71. The van der Waals surface area contributed by atoms with Crippen LogP contribution in [0.2, 0.25) is 0 Å². The molecule has 93 heavy (non-hydrogen) atoms. The Bertz CT molecular complexity index is 1900. The lowest BCUT2D eigenvalue weighted by Gasteiger charge is -2.21. The van der Waals surface area contributed by atoms with Crippen LogP contribution in [0, 0.1) is 11.8 Å². The number of phosphoric ester groups is 2. The number of carbonyl (C=O) groups excluding carboxylic acids is 4. The predicted molar refractivity (Wildman–Crippen MR) is 377 cm³/mol. The average Bonchev–Trinajstić information content (AvgIpc) is 1.85. The van der Waals surface area contributed by atoms with E-state index in [0.29, 0.717) is 31.6 Å². The molecule has 0 saturated heterocycles. The second-order valence-corrected chi connectivity index (χ2v) is 29.9. The molecule has 0 aromatic carbocycles. The van der Waals surface area contributed by atoms with Crippen molar-refractivity contribution in [2.24, 2.45) is 11.8 Å². The number of carbonyl (C=O) groups is 4. The van der Waals surface area contributed by atoms with Crippen LogP contribution in [0.25, 0.3) is 0 Å². The van der Waals surface area contributed by atoms with Crippen molar-refractivity contribution >= 4 is 39.5 Å². The minimum atomic E-state index is -4.96. The first-order chi connectivity index (χ1) is 44.9. The number of phosphoric acid groups is 2. The summed E-state index contributed by atoms with van der Waals surface area (Å²) in [6, 6.07) is 0. The summed E-state index contributed by atoms with van der Waals surface area (Å²) < 4.78 is 68.3. The SMILES string of the molecule is CCCCCC/C=C\C=C/CCCCCCCC(=O)OC[C@H](COP(=O)(O)OC[C@@H](O)COP(=O)(O)OC[C@@H](COC(=O)CCCCCCCCCCCC)OC(=O)CCCCCCCCCC(C)C)OC(=O)CCCCCCCCCCCCCCCCCC(C)C. The Labute approximate surface area is 567 Å². The van der Waals surface area contributed by atoms with Crippen molar-refractivity contribution < 1.29 is 80.2 Å². The quantitative estimate of drug-likeness (QED) is 0.0169. The Morgan fingerprint density at radius 2 is 0.581 bits per heavy atom. The van der Waals surface area contributed by atoms with Gasteiger partial charge in [0.2, 0.25) is 0 Å². The maximum absolute atomic E-state index is 13.1. The van der Waals surface area contributed by atoms with E-state index >= 15 is 0 Å². The summed E-state index contributed by atoms with van der Waals surface area (Å²) in [4.78, 5) is 72.6. The molecule has 19 heteroatoms. The fourth-order valence-corrected chi connectivity index (χ4v) is 12.3. The Morgan fingerprint density at radius 3 is 0.882 bits per heavy atom. The van der Waals surface area contributed by atoms with Crippen molar-refractivity contribution in [3.63, 3.8) is 0 Å². The first-order valence-electron chi connectivity index (χ1n) is 37.8. The molecule has 2 unspecified atom stereocenters. The summed E-state index contributed by atoms with van der Waals surface area (Å²) in [5.41, 5.74) is 0. The molecule has 548 valence electrons. The maximum Gasteiger partial charge on any atom is 0.472 e. The van der Waals surface area contributed by atoms with Crippen LogP contribution in [0.5, 0.6) is 0 Å². The first-order valence-corrected chi connectivity index (χ1v) is 40.8. The van der Waals surface area contributed by atoms with Gasteiger partial charge in [-0.25, -0.2) is 9.13 Å². The number of unbranched alkanes of at least 4 members (excludes halogenated alkanes) is 38. The van der Waals surface area contributed by atoms with E-state index in [1.807, 2.05) is 0 Å². The second-order valence-electron chi connectivity index (χ2n) is 27.0. The van der Waals surface area contributed by atoms with Gasteiger partial charge in [0.25, 0.3) is 0 Å². The number of hydrogen-bond acceptors (Lipinski definition) is 15. The predicted octanol–water partition coefficient (Wildman–Crippen LogP) is 21.1. The number of esters is 4. The topological polar surface area (TPSA) is 237 Å². The lowest BCUT2D eigenvalue weighted by molar-refractivity contribution is -0.161. The molecule has 0 rings (SSSR count). The van der Waals surface area contributed by atoms with Gasteiger partial charge < -0.3 is 33.8 Å². The van der Waals surface area contributed by atoms with Crippen LogP contribution in [0.4, 0.5) is 0 Å². The highest BCUT2D eigenvalue weighted by Gasteiger charge is 2.30. The third kappa shape index (κ3) is 67.9. The van der Waals surface area contributed by atoms with Crippen molar-refractivity contribution in [2.75, 3.05) is 39.6 Å². The maximum atomic E-state index is 13.1. The number of ether oxygens (including phenoxy) is 4. The Hall–Kier alpha value is -2.46. The largest absolute Gasteiger partial charge is 0.472 e. The highest BCUT2D eigenvalue weighted by Crippen LogP contribution is 2.45. The summed E-state index contributed by atoms with van der Waals surface area (Å²) in [6.45, 7) is 9.46. The molecule has 0 aliphatic rings. The zero-order valence-electron chi connectivity index (χ0n) is 60.0. The molecular formula is C74H140O17P2. The molecule has 5 atom stereocenters. The van der Waals surface area contributed by atoms with Crippen LogP contribution in [-0.2, 0) is 65.4 Å². The van der Waals surface area contributed by atoms with Crippen molar-refractivity contribution in [3.8, 4) is 0 Å². The molecule has 0 radical (unpaired) electrons. The van der Waals surface area contributed by atoms with E-state index in [0.717, 1.165) is 115 Å². The molecule has 0 aromatic rings. The molecule has 0 heterocycles. The van der Waals surface area contributed by atoms with Gasteiger partial charge in [-0.3, -0.25) is 37.3 Å². The highest BCUT2D eigenvalue weighted by atomic mass is 31.2. The summed E-state index contributed by atoms with van der Waals surface area (Å²) in [5, 5.41) is 10.6. The lowest BCUT2D eigenvalue weighted by Crippen LogP contribution is -2.30. The monoisotopic (exact) mass is 1360 g/mol. The molecule has 17 nitrogen and oxygen atoms in total. The van der Waals surface area contributed by atoms with Crippen molar-refractivity contribution in [1.82, 2.24) is 0 Å². The summed E-state index contributed by atoms with van der Waals surface area (Å²) >= 11 is 0. The van der Waals surface area contributed by atoms with Gasteiger partial charge >= 0.3 is 39.5 Å². The van der Waals surface area contributed by atoms with Crippen molar-refractivity contribution in [3.05, 3.63) is 24.3 Å². The van der Waals surface area contributed by atoms with E-state index in [4.69, 9.17) is 37.0 Å². The van der Waals surface area contributed by atoms with Gasteiger partial charge in [0.05, 0.1) is 26.4 Å². The van der Waals surface area contributed by atoms with E-state index < -0.39 is 97.5 Å². The van der Waals surface area contributed by atoms with Crippen LogP contribution < -0.4 is 0 Å². The van der Waals surface area contributed by atoms with Gasteiger partial charge in [0.1, 0.15) is 19.3 Å². The molecule has 0 amide bonds. The van der Waals surface area contributed by atoms with E-state index in [9.17, 15) is 43.2 Å². The Balaban J connectivity index is 5.26. The molecule has 3 N–H and O–H groups in total. The number of allylic oxidation sites excluding steroid dienone is 4. The average molecular weight is 1360 g/mol. The molecule has 0 fully saturated rings. The minimum Gasteiger partial charge on any atom is -0.462 e. The van der Waals surface area contributed by atoms with Gasteiger partial charge in [-0.1, -0.05) is 303 Å². The molecule has 0 bridgehead atoms. The zero-order chi connectivity index (χ0) is 68.6. The van der Waals surface area contributed by atoms with Crippen molar-refractivity contribution in [1.29, 1.82) is 0 Å².